The minimum Gasteiger partial charge on any atom is -0.493 e. The van der Waals surface area contributed by atoms with Crippen molar-refractivity contribution in [3.63, 3.8) is 0 Å². The number of hydrogen-bond acceptors (Lipinski definition) is 5. The SMILES string of the molecule is CCN1C(=O)S/C(=C/c2cc(OC)c(OCc3cccc(F)c3)cc2Br)C1=O. The molecule has 0 bridgehead atoms. The Morgan fingerprint density at radius 2 is 2.00 bits per heavy atom. The van der Waals surface area contributed by atoms with Gasteiger partial charge < -0.3 is 9.47 Å². The number of hydrogen-bond donors (Lipinski definition) is 0. The number of likely N-dealkylation sites (N-methyl/N-ethyl adjacent to an activating group) is 1. The van der Waals surface area contributed by atoms with Crippen molar-refractivity contribution >= 4 is 44.9 Å². The standard InChI is InChI=1S/C20H17BrFNO4S/c1-3-23-19(24)18(28-20(23)25)9-13-8-16(26-2)17(10-15(13)21)27-11-12-5-4-6-14(22)7-12/h4-10H,3,11H2,1-2H3/b18-9+. The highest BCUT2D eigenvalue weighted by Crippen LogP contribution is 2.38. The third-order valence-corrected chi connectivity index (χ3v) is 5.64. The summed E-state index contributed by atoms with van der Waals surface area (Å²) in [5.41, 5.74) is 1.37. The van der Waals surface area contributed by atoms with Crippen LogP contribution in [-0.2, 0) is 11.4 Å². The van der Waals surface area contributed by atoms with Gasteiger partial charge in [0.25, 0.3) is 11.1 Å². The molecule has 1 heterocycles. The minimum atomic E-state index is -0.328. The second kappa shape index (κ2) is 8.79. The van der Waals surface area contributed by atoms with Gasteiger partial charge in [-0.1, -0.05) is 28.1 Å². The maximum atomic E-state index is 13.3. The Hall–Kier alpha value is -2.32. The molecule has 2 amide bonds. The van der Waals surface area contributed by atoms with Gasteiger partial charge in [-0.3, -0.25) is 14.5 Å². The number of imide groups is 1. The Bertz CT molecular complexity index is 963. The van der Waals surface area contributed by atoms with Gasteiger partial charge in [-0.25, -0.2) is 4.39 Å². The van der Waals surface area contributed by atoms with E-state index in [9.17, 15) is 14.0 Å². The van der Waals surface area contributed by atoms with E-state index in [1.54, 1.807) is 37.3 Å². The zero-order valence-electron chi connectivity index (χ0n) is 15.2. The summed E-state index contributed by atoms with van der Waals surface area (Å²) >= 11 is 4.37. The molecule has 1 saturated heterocycles. The maximum Gasteiger partial charge on any atom is 0.293 e. The Morgan fingerprint density at radius 1 is 1.21 bits per heavy atom. The molecular weight excluding hydrogens is 449 g/mol. The first kappa shape index (κ1) is 20.4. The van der Waals surface area contributed by atoms with Gasteiger partial charge in [0.05, 0.1) is 12.0 Å². The lowest BCUT2D eigenvalue weighted by Crippen LogP contribution is -2.27. The highest BCUT2D eigenvalue weighted by atomic mass is 79.9. The maximum absolute atomic E-state index is 13.3. The van der Waals surface area contributed by atoms with E-state index in [-0.39, 0.29) is 23.6 Å². The Morgan fingerprint density at radius 3 is 2.64 bits per heavy atom. The number of carbonyl (C=O) groups excluding carboxylic acids is 2. The smallest absolute Gasteiger partial charge is 0.293 e. The monoisotopic (exact) mass is 465 g/mol. The average Bonchev–Trinajstić information content (AvgIpc) is 2.94. The Kier molecular flexibility index (Phi) is 6.41. The summed E-state index contributed by atoms with van der Waals surface area (Å²) in [6.07, 6.45) is 1.64. The molecule has 3 rings (SSSR count). The van der Waals surface area contributed by atoms with Crippen molar-refractivity contribution in [2.24, 2.45) is 0 Å². The number of halogens is 2. The topological polar surface area (TPSA) is 55.8 Å². The van der Waals surface area contributed by atoms with Crippen LogP contribution < -0.4 is 9.47 Å². The summed E-state index contributed by atoms with van der Waals surface area (Å²) < 4.78 is 25.1. The predicted octanol–water partition coefficient (Wildman–Crippen LogP) is 5.23. The summed E-state index contributed by atoms with van der Waals surface area (Å²) in [6.45, 7) is 2.26. The molecule has 0 unspecified atom stereocenters. The first-order valence-electron chi connectivity index (χ1n) is 8.43. The third-order valence-electron chi connectivity index (χ3n) is 4.04. The van der Waals surface area contributed by atoms with Gasteiger partial charge in [-0.2, -0.15) is 0 Å². The van der Waals surface area contributed by atoms with Crippen LogP contribution >= 0.6 is 27.7 Å². The molecule has 0 spiro atoms. The van der Waals surface area contributed by atoms with Crippen LogP contribution in [0.3, 0.4) is 0 Å². The largest absolute Gasteiger partial charge is 0.493 e. The van der Waals surface area contributed by atoms with Gasteiger partial charge in [-0.05, 0) is 60.2 Å². The minimum absolute atomic E-state index is 0.176. The number of ether oxygens (including phenoxy) is 2. The summed E-state index contributed by atoms with van der Waals surface area (Å²) in [7, 11) is 1.51. The molecular formula is C20H17BrFNO4S. The zero-order valence-corrected chi connectivity index (χ0v) is 17.6. The lowest BCUT2D eigenvalue weighted by Gasteiger charge is -2.13. The van der Waals surface area contributed by atoms with Crippen molar-refractivity contribution in [1.29, 1.82) is 0 Å². The van der Waals surface area contributed by atoms with Gasteiger partial charge in [0.2, 0.25) is 0 Å². The van der Waals surface area contributed by atoms with E-state index < -0.39 is 0 Å². The van der Waals surface area contributed by atoms with E-state index >= 15 is 0 Å². The molecule has 1 aliphatic rings. The molecule has 0 radical (unpaired) electrons. The normalized spacial score (nSPS) is 15.4. The highest BCUT2D eigenvalue weighted by Gasteiger charge is 2.33. The number of rotatable bonds is 6. The number of amides is 2. The molecule has 28 heavy (non-hydrogen) atoms. The summed E-state index contributed by atoms with van der Waals surface area (Å²) in [4.78, 5) is 25.7. The second-order valence-electron chi connectivity index (χ2n) is 5.87. The van der Waals surface area contributed by atoms with Crippen molar-refractivity contribution in [3.8, 4) is 11.5 Å². The van der Waals surface area contributed by atoms with Gasteiger partial charge >= 0.3 is 0 Å². The molecule has 0 N–H and O–H groups in total. The Balaban J connectivity index is 1.85. The fraction of sp³-hybridized carbons (Fsp3) is 0.200. The summed E-state index contributed by atoms with van der Waals surface area (Å²) in [5, 5.41) is -0.281. The van der Waals surface area contributed by atoms with Gasteiger partial charge in [0.15, 0.2) is 11.5 Å². The van der Waals surface area contributed by atoms with E-state index in [1.807, 2.05) is 0 Å². The fourth-order valence-electron chi connectivity index (χ4n) is 2.64. The van der Waals surface area contributed by atoms with Gasteiger partial charge in [-0.15, -0.1) is 0 Å². The van der Waals surface area contributed by atoms with Gasteiger partial charge in [0.1, 0.15) is 12.4 Å². The second-order valence-corrected chi connectivity index (χ2v) is 7.72. The van der Waals surface area contributed by atoms with Crippen LogP contribution in [0.4, 0.5) is 9.18 Å². The molecule has 2 aromatic carbocycles. The number of carbonyl (C=O) groups is 2. The molecule has 146 valence electrons. The average molecular weight is 466 g/mol. The molecule has 8 heteroatoms. The van der Waals surface area contributed by atoms with Crippen LogP contribution in [0, 0.1) is 5.82 Å². The third kappa shape index (κ3) is 4.39. The van der Waals surface area contributed by atoms with E-state index in [0.717, 1.165) is 11.8 Å². The van der Waals surface area contributed by atoms with E-state index in [2.05, 4.69) is 15.9 Å². The molecule has 5 nitrogen and oxygen atoms in total. The molecule has 2 aromatic rings. The highest BCUT2D eigenvalue weighted by molar-refractivity contribution is 9.10. The summed E-state index contributed by atoms with van der Waals surface area (Å²) in [5.74, 6) is 0.290. The van der Waals surface area contributed by atoms with E-state index in [4.69, 9.17) is 9.47 Å². The molecule has 0 aliphatic carbocycles. The van der Waals surface area contributed by atoms with Crippen molar-refractivity contribution in [1.82, 2.24) is 4.90 Å². The molecule has 0 atom stereocenters. The lowest BCUT2D eigenvalue weighted by atomic mass is 10.1. The van der Waals surface area contributed by atoms with Crippen LogP contribution in [0.2, 0.25) is 0 Å². The number of methoxy groups -OCH3 is 1. The Labute approximate surface area is 174 Å². The van der Waals surface area contributed by atoms with E-state index in [0.29, 0.717) is 38.5 Å². The van der Waals surface area contributed by atoms with Crippen molar-refractivity contribution < 1.29 is 23.5 Å². The molecule has 0 saturated carbocycles. The van der Waals surface area contributed by atoms with Crippen LogP contribution in [0.5, 0.6) is 11.5 Å². The molecule has 0 aromatic heterocycles. The van der Waals surface area contributed by atoms with Crippen LogP contribution in [0.25, 0.3) is 6.08 Å². The summed E-state index contributed by atoms with van der Waals surface area (Å²) in [6, 6.07) is 9.59. The fourth-order valence-corrected chi connectivity index (χ4v) is 3.97. The number of thioether (sulfide) groups is 1. The van der Waals surface area contributed by atoms with E-state index in [1.165, 1.54) is 24.1 Å². The lowest BCUT2D eigenvalue weighted by molar-refractivity contribution is -0.122. The first-order chi connectivity index (χ1) is 13.4. The number of nitrogens with zero attached hydrogens (tertiary/aromatic N) is 1. The molecule has 1 aliphatic heterocycles. The van der Waals surface area contributed by atoms with Crippen LogP contribution in [-0.4, -0.2) is 29.7 Å². The van der Waals surface area contributed by atoms with Crippen molar-refractivity contribution in [2.75, 3.05) is 13.7 Å². The van der Waals surface area contributed by atoms with Crippen molar-refractivity contribution in [2.45, 2.75) is 13.5 Å². The van der Waals surface area contributed by atoms with Crippen LogP contribution in [0.1, 0.15) is 18.1 Å². The quantitative estimate of drug-likeness (QED) is 0.546. The van der Waals surface area contributed by atoms with Crippen molar-refractivity contribution in [3.05, 3.63) is 62.7 Å². The predicted molar refractivity (Wildman–Crippen MR) is 110 cm³/mol. The van der Waals surface area contributed by atoms with Gasteiger partial charge in [0, 0.05) is 11.0 Å². The molecule has 1 fully saturated rings. The van der Waals surface area contributed by atoms with Crippen LogP contribution in [0.15, 0.2) is 45.8 Å². The first-order valence-corrected chi connectivity index (χ1v) is 10.0. The number of benzene rings is 2. The zero-order chi connectivity index (χ0) is 20.3.